The number of nitrogens with one attached hydrogen (secondary N) is 1. The number of nitrogens with zero attached hydrogens (tertiary/aromatic N) is 2. The summed E-state index contributed by atoms with van der Waals surface area (Å²) in [4.78, 5) is 12.2. The molecule has 3 rings (SSSR count). The molecule has 1 aromatic heterocycles. The van der Waals surface area contributed by atoms with Gasteiger partial charge in [0.05, 0.1) is 13.3 Å². The van der Waals surface area contributed by atoms with Gasteiger partial charge >= 0.3 is 0 Å². The van der Waals surface area contributed by atoms with E-state index in [1.807, 2.05) is 6.92 Å². The second-order valence-corrected chi connectivity index (χ2v) is 7.69. The van der Waals surface area contributed by atoms with Crippen LogP contribution in [0.15, 0.2) is 53.6 Å². The van der Waals surface area contributed by atoms with E-state index >= 15 is 0 Å². The Bertz CT molecular complexity index is 1040. The molecule has 2 aromatic carbocycles. The topological polar surface area (TPSA) is 55.6 Å². The maximum absolute atomic E-state index is 12.2. The number of hydrogen-bond donors (Lipinski definition) is 1. The molecule has 0 unspecified atom stereocenters. The number of benzene rings is 2. The quantitative estimate of drug-likeness (QED) is 0.320. The Morgan fingerprint density at radius 1 is 1.11 bits per heavy atom. The number of carbonyl (C=O) groups excluding carboxylic acids is 1. The minimum absolute atomic E-state index is 0.263. The number of hydrogen-bond acceptors (Lipinski definition) is 3. The fraction of sp³-hybridized carbons (Fsp3) is 0.182. The highest BCUT2D eigenvalue weighted by Gasteiger charge is 2.10. The summed E-state index contributed by atoms with van der Waals surface area (Å²) in [5.74, 6) is 0.444. The second kappa shape index (κ2) is 8.60. The van der Waals surface area contributed by atoms with Gasteiger partial charge in [0.15, 0.2) is 0 Å². The van der Waals surface area contributed by atoms with Crippen LogP contribution in [0.5, 0.6) is 5.75 Å². The molecule has 28 heavy (non-hydrogen) atoms. The number of amides is 1. The van der Waals surface area contributed by atoms with Crippen molar-refractivity contribution in [2.24, 2.45) is 5.10 Å². The molecule has 0 aliphatic heterocycles. The fourth-order valence-electron chi connectivity index (χ4n) is 3.05. The molecule has 0 atom stereocenters. The van der Waals surface area contributed by atoms with E-state index < -0.39 is 0 Å². The summed E-state index contributed by atoms with van der Waals surface area (Å²) in [6.07, 6.45) is 1.68. The van der Waals surface area contributed by atoms with Crippen LogP contribution in [-0.4, -0.2) is 23.8 Å². The van der Waals surface area contributed by atoms with E-state index in [0.29, 0.717) is 11.3 Å². The molecule has 0 radical (unpaired) electrons. The Kier molecular flexibility index (Phi) is 6.18. The molecular formula is C22H22IN3O2. The first kappa shape index (κ1) is 20.1. The van der Waals surface area contributed by atoms with Crippen LogP contribution in [0.25, 0.3) is 5.69 Å². The maximum Gasteiger partial charge on any atom is 0.271 e. The summed E-state index contributed by atoms with van der Waals surface area (Å²) in [6.45, 7) is 6.22. The molecule has 144 valence electrons. The smallest absolute Gasteiger partial charge is 0.271 e. The largest absolute Gasteiger partial charge is 0.497 e. The van der Waals surface area contributed by atoms with Crippen LogP contribution in [0, 0.1) is 24.3 Å². The third-order valence-corrected chi connectivity index (χ3v) is 5.80. The molecule has 0 saturated heterocycles. The Labute approximate surface area is 178 Å². The predicted octanol–water partition coefficient (Wildman–Crippen LogP) is 4.78. The SMILES string of the molecule is COc1ccc(C(=O)N/N=C\c2cc(C)n(-c3ccc(I)c(C)c3)c2C)cc1. The van der Waals surface area contributed by atoms with Gasteiger partial charge in [0, 0.05) is 31.8 Å². The summed E-state index contributed by atoms with van der Waals surface area (Å²) in [6, 6.07) is 15.4. The van der Waals surface area contributed by atoms with Crippen LogP contribution in [-0.2, 0) is 0 Å². The van der Waals surface area contributed by atoms with Crippen LogP contribution in [0.1, 0.15) is 32.9 Å². The van der Waals surface area contributed by atoms with Crippen LogP contribution in [0.2, 0.25) is 0 Å². The number of ether oxygens (including phenoxy) is 1. The van der Waals surface area contributed by atoms with Crippen molar-refractivity contribution in [2.45, 2.75) is 20.8 Å². The van der Waals surface area contributed by atoms with Crippen molar-refractivity contribution in [3.8, 4) is 11.4 Å². The van der Waals surface area contributed by atoms with Crippen LogP contribution < -0.4 is 10.2 Å². The van der Waals surface area contributed by atoms with E-state index in [1.165, 1.54) is 9.13 Å². The number of carbonyl (C=O) groups is 1. The zero-order valence-electron chi connectivity index (χ0n) is 16.3. The van der Waals surface area contributed by atoms with Gasteiger partial charge in [-0.1, -0.05) is 0 Å². The highest BCUT2D eigenvalue weighted by atomic mass is 127. The Morgan fingerprint density at radius 3 is 2.46 bits per heavy atom. The highest BCUT2D eigenvalue weighted by Crippen LogP contribution is 2.22. The van der Waals surface area contributed by atoms with Gasteiger partial charge < -0.3 is 9.30 Å². The van der Waals surface area contributed by atoms with Crippen molar-refractivity contribution >= 4 is 34.7 Å². The van der Waals surface area contributed by atoms with E-state index in [4.69, 9.17) is 4.74 Å². The molecule has 1 N–H and O–H groups in total. The lowest BCUT2D eigenvalue weighted by molar-refractivity contribution is 0.0955. The summed E-state index contributed by atoms with van der Waals surface area (Å²) < 4.78 is 8.53. The zero-order valence-corrected chi connectivity index (χ0v) is 18.4. The van der Waals surface area contributed by atoms with Crippen LogP contribution in [0.4, 0.5) is 0 Å². The third-order valence-electron chi connectivity index (χ3n) is 4.59. The van der Waals surface area contributed by atoms with Gasteiger partial charge in [-0.25, -0.2) is 5.43 Å². The van der Waals surface area contributed by atoms with Gasteiger partial charge in [-0.2, -0.15) is 5.10 Å². The molecule has 3 aromatic rings. The highest BCUT2D eigenvalue weighted by molar-refractivity contribution is 14.1. The van der Waals surface area contributed by atoms with Gasteiger partial charge in [-0.05, 0) is 97.5 Å². The van der Waals surface area contributed by atoms with Crippen molar-refractivity contribution in [3.63, 3.8) is 0 Å². The number of methoxy groups -OCH3 is 1. The Hall–Kier alpha value is -2.61. The summed E-state index contributed by atoms with van der Waals surface area (Å²) in [5, 5.41) is 4.13. The van der Waals surface area contributed by atoms with Crippen molar-refractivity contribution in [3.05, 3.63) is 80.2 Å². The molecule has 0 saturated carbocycles. The van der Waals surface area contributed by atoms with Gasteiger partial charge in [0.25, 0.3) is 5.91 Å². The second-order valence-electron chi connectivity index (χ2n) is 6.52. The predicted molar refractivity (Wildman–Crippen MR) is 121 cm³/mol. The lowest BCUT2D eigenvalue weighted by Gasteiger charge is -2.11. The molecule has 0 spiro atoms. The number of halogens is 1. The third kappa shape index (κ3) is 4.27. The van der Waals surface area contributed by atoms with E-state index in [1.54, 1.807) is 37.6 Å². The van der Waals surface area contributed by atoms with Gasteiger partial charge in [0.2, 0.25) is 0 Å². The van der Waals surface area contributed by atoms with Crippen molar-refractivity contribution in [1.29, 1.82) is 0 Å². The molecule has 1 heterocycles. The number of hydrazone groups is 1. The first-order valence-corrected chi connectivity index (χ1v) is 9.91. The summed E-state index contributed by atoms with van der Waals surface area (Å²) >= 11 is 2.34. The molecule has 5 nitrogen and oxygen atoms in total. The molecule has 6 heteroatoms. The van der Waals surface area contributed by atoms with Gasteiger partial charge in [-0.15, -0.1) is 0 Å². The fourth-order valence-corrected chi connectivity index (χ4v) is 3.39. The molecule has 0 bridgehead atoms. The standard InChI is InChI=1S/C22H22IN3O2/c1-14-11-19(7-10-21(14)23)26-15(2)12-18(16(26)3)13-24-25-22(27)17-5-8-20(28-4)9-6-17/h5-13H,1-4H3,(H,25,27)/b24-13-. The van der Waals surface area contributed by atoms with Crippen LogP contribution in [0.3, 0.4) is 0 Å². The average Bonchev–Trinajstić information content (AvgIpc) is 2.97. The Balaban J connectivity index is 1.77. The molecular weight excluding hydrogens is 465 g/mol. The number of aromatic nitrogens is 1. The van der Waals surface area contributed by atoms with E-state index in [-0.39, 0.29) is 5.91 Å². The first-order chi connectivity index (χ1) is 13.4. The van der Waals surface area contributed by atoms with E-state index in [0.717, 1.165) is 22.6 Å². The lowest BCUT2D eigenvalue weighted by atomic mass is 10.2. The van der Waals surface area contributed by atoms with Crippen molar-refractivity contribution < 1.29 is 9.53 Å². The minimum atomic E-state index is -0.263. The summed E-state index contributed by atoms with van der Waals surface area (Å²) in [5.41, 5.74) is 8.61. The number of rotatable bonds is 5. The van der Waals surface area contributed by atoms with Crippen molar-refractivity contribution in [1.82, 2.24) is 9.99 Å². The van der Waals surface area contributed by atoms with E-state index in [9.17, 15) is 4.79 Å². The van der Waals surface area contributed by atoms with Crippen LogP contribution >= 0.6 is 22.6 Å². The average molecular weight is 487 g/mol. The molecule has 1 amide bonds. The maximum atomic E-state index is 12.2. The van der Waals surface area contributed by atoms with Crippen molar-refractivity contribution in [2.75, 3.05) is 7.11 Å². The van der Waals surface area contributed by atoms with Gasteiger partial charge in [-0.3, -0.25) is 4.79 Å². The lowest BCUT2D eigenvalue weighted by Crippen LogP contribution is -2.17. The van der Waals surface area contributed by atoms with E-state index in [2.05, 4.69) is 75.8 Å². The minimum Gasteiger partial charge on any atom is -0.497 e. The normalized spacial score (nSPS) is 11.0. The molecule has 0 aliphatic rings. The molecule has 0 aliphatic carbocycles. The Morgan fingerprint density at radius 2 is 1.82 bits per heavy atom. The zero-order chi connectivity index (χ0) is 20.3. The number of aryl methyl sites for hydroxylation is 2. The molecule has 0 fully saturated rings. The monoisotopic (exact) mass is 487 g/mol. The summed E-state index contributed by atoms with van der Waals surface area (Å²) in [7, 11) is 1.59. The first-order valence-electron chi connectivity index (χ1n) is 8.83. The van der Waals surface area contributed by atoms with Gasteiger partial charge in [0.1, 0.15) is 5.75 Å².